The molecule has 1 amide bonds. The first-order valence-corrected chi connectivity index (χ1v) is 7.92. The molecular weight excluding hydrogens is 280 g/mol. The fraction of sp³-hybridized carbons (Fsp3) is 0.235. The maximum atomic E-state index is 12.6. The van der Waals surface area contributed by atoms with Crippen LogP contribution in [0.3, 0.4) is 0 Å². The van der Waals surface area contributed by atoms with Crippen molar-refractivity contribution in [3.05, 3.63) is 52.5 Å². The average Bonchev–Trinajstić information content (AvgIpc) is 3.04. The molecule has 0 aliphatic rings. The predicted molar refractivity (Wildman–Crippen MR) is 89.3 cm³/mol. The van der Waals surface area contributed by atoms with Crippen LogP contribution in [0.2, 0.25) is 0 Å². The number of carbonyl (C=O) groups is 1. The zero-order valence-electron chi connectivity index (χ0n) is 12.4. The lowest BCUT2D eigenvalue weighted by Crippen LogP contribution is -2.17. The van der Waals surface area contributed by atoms with E-state index in [0.29, 0.717) is 5.69 Å². The summed E-state index contributed by atoms with van der Waals surface area (Å²) in [6.45, 7) is 4.13. The van der Waals surface area contributed by atoms with E-state index < -0.39 is 0 Å². The summed E-state index contributed by atoms with van der Waals surface area (Å²) in [6.07, 6.45) is 0.902. The minimum absolute atomic E-state index is 0.0510. The third kappa shape index (κ3) is 2.36. The van der Waals surface area contributed by atoms with Crippen molar-refractivity contribution in [2.24, 2.45) is 7.05 Å². The Hall–Kier alpha value is -2.07. The SMILES string of the molecule is CCc1cccc(C)c1NC(=O)c1cc2sccc2n1C. The van der Waals surface area contributed by atoms with Gasteiger partial charge in [-0.25, -0.2) is 0 Å². The van der Waals surface area contributed by atoms with Crippen LogP contribution in [0.5, 0.6) is 0 Å². The Morgan fingerprint density at radius 1 is 1.33 bits per heavy atom. The van der Waals surface area contributed by atoms with Crippen molar-refractivity contribution in [1.29, 1.82) is 0 Å². The number of thiophene rings is 1. The van der Waals surface area contributed by atoms with E-state index >= 15 is 0 Å². The van der Waals surface area contributed by atoms with Crippen LogP contribution in [0.4, 0.5) is 5.69 Å². The molecule has 0 bridgehead atoms. The van der Waals surface area contributed by atoms with Gasteiger partial charge in [-0.2, -0.15) is 0 Å². The molecule has 0 aliphatic carbocycles. The van der Waals surface area contributed by atoms with Crippen LogP contribution in [-0.2, 0) is 13.5 Å². The van der Waals surface area contributed by atoms with Gasteiger partial charge in [-0.15, -0.1) is 11.3 Å². The van der Waals surface area contributed by atoms with E-state index in [1.54, 1.807) is 11.3 Å². The van der Waals surface area contributed by atoms with Gasteiger partial charge in [-0.3, -0.25) is 4.79 Å². The zero-order chi connectivity index (χ0) is 15.0. The molecule has 3 aromatic rings. The van der Waals surface area contributed by atoms with Gasteiger partial charge in [0.1, 0.15) is 5.69 Å². The largest absolute Gasteiger partial charge is 0.339 e. The standard InChI is InChI=1S/C17H18N2OS/c1-4-12-7-5-6-11(2)16(12)18-17(20)14-10-15-13(19(14)3)8-9-21-15/h5-10H,4H2,1-3H3,(H,18,20). The number of nitrogens with zero attached hydrogens (tertiary/aromatic N) is 1. The Morgan fingerprint density at radius 2 is 2.14 bits per heavy atom. The van der Waals surface area contributed by atoms with Crippen LogP contribution in [0.15, 0.2) is 35.7 Å². The van der Waals surface area contributed by atoms with Gasteiger partial charge < -0.3 is 9.88 Å². The molecule has 0 atom stereocenters. The molecule has 1 N–H and O–H groups in total. The van der Waals surface area contributed by atoms with Crippen molar-refractivity contribution in [1.82, 2.24) is 4.57 Å². The Morgan fingerprint density at radius 3 is 2.86 bits per heavy atom. The highest BCUT2D eigenvalue weighted by atomic mass is 32.1. The first-order valence-electron chi connectivity index (χ1n) is 7.04. The monoisotopic (exact) mass is 298 g/mol. The van der Waals surface area contributed by atoms with E-state index in [2.05, 4.69) is 18.3 Å². The van der Waals surface area contributed by atoms with E-state index in [1.807, 2.05) is 48.2 Å². The van der Waals surface area contributed by atoms with E-state index in [0.717, 1.165) is 27.9 Å². The van der Waals surface area contributed by atoms with E-state index in [9.17, 15) is 4.79 Å². The molecular formula is C17H18N2OS. The number of hydrogen-bond acceptors (Lipinski definition) is 2. The smallest absolute Gasteiger partial charge is 0.272 e. The van der Waals surface area contributed by atoms with Crippen LogP contribution < -0.4 is 5.32 Å². The van der Waals surface area contributed by atoms with Gasteiger partial charge in [0, 0.05) is 12.7 Å². The number of aryl methyl sites for hydroxylation is 3. The summed E-state index contributed by atoms with van der Waals surface area (Å²) in [6, 6.07) is 10.1. The number of para-hydroxylation sites is 1. The summed E-state index contributed by atoms with van der Waals surface area (Å²) in [5.41, 5.74) is 5.00. The summed E-state index contributed by atoms with van der Waals surface area (Å²) < 4.78 is 3.09. The topological polar surface area (TPSA) is 34.0 Å². The minimum Gasteiger partial charge on any atom is -0.339 e. The summed E-state index contributed by atoms with van der Waals surface area (Å²) in [5, 5.41) is 5.13. The Balaban J connectivity index is 1.97. The van der Waals surface area contributed by atoms with Gasteiger partial charge in [-0.1, -0.05) is 25.1 Å². The molecule has 3 nitrogen and oxygen atoms in total. The lowest BCUT2D eigenvalue weighted by Gasteiger charge is -2.13. The van der Waals surface area contributed by atoms with Crippen LogP contribution >= 0.6 is 11.3 Å². The molecule has 0 unspecified atom stereocenters. The predicted octanol–water partition coefficient (Wildman–Crippen LogP) is 4.36. The van der Waals surface area contributed by atoms with Gasteiger partial charge in [0.2, 0.25) is 0 Å². The third-order valence-electron chi connectivity index (χ3n) is 3.88. The normalized spacial score (nSPS) is 11.0. The lowest BCUT2D eigenvalue weighted by molar-refractivity contribution is 0.101. The number of fused-ring (bicyclic) bond motifs is 1. The van der Waals surface area contributed by atoms with Crippen molar-refractivity contribution in [3.8, 4) is 0 Å². The van der Waals surface area contributed by atoms with Crippen molar-refractivity contribution in [2.75, 3.05) is 5.32 Å². The molecule has 0 saturated carbocycles. The minimum atomic E-state index is -0.0510. The fourth-order valence-corrected chi connectivity index (χ4v) is 3.50. The molecule has 2 aromatic heterocycles. The Kier molecular flexibility index (Phi) is 3.55. The second-order valence-electron chi connectivity index (χ2n) is 5.18. The number of hydrogen-bond donors (Lipinski definition) is 1. The summed E-state index contributed by atoms with van der Waals surface area (Å²) in [5.74, 6) is -0.0510. The molecule has 0 spiro atoms. The highest BCUT2D eigenvalue weighted by molar-refractivity contribution is 7.17. The van der Waals surface area contributed by atoms with Crippen molar-refractivity contribution < 1.29 is 4.79 Å². The number of amides is 1. The van der Waals surface area contributed by atoms with E-state index in [4.69, 9.17) is 0 Å². The van der Waals surface area contributed by atoms with Gasteiger partial charge >= 0.3 is 0 Å². The second kappa shape index (κ2) is 5.37. The fourth-order valence-electron chi connectivity index (χ4n) is 2.65. The zero-order valence-corrected chi connectivity index (χ0v) is 13.3. The first-order chi connectivity index (χ1) is 10.1. The van der Waals surface area contributed by atoms with Crippen LogP contribution in [0.25, 0.3) is 10.2 Å². The third-order valence-corrected chi connectivity index (χ3v) is 4.73. The Bertz CT molecular complexity index is 813. The first kappa shape index (κ1) is 13.9. The molecule has 21 heavy (non-hydrogen) atoms. The number of nitrogens with one attached hydrogen (secondary N) is 1. The van der Waals surface area contributed by atoms with Crippen molar-refractivity contribution in [2.45, 2.75) is 20.3 Å². The van der Waals surface area contributed by atoms with E-state index in [1.165, 1.54) is 5.56 Å². The van der Waals surface area contributed by atoms with Crippen LogP contribution in [-0.4, -0.2) is 10.5 Å². The molecule has 4 heteroatoms. The molecule has 0 radical (unpaired) electrons. The van der Waals surface area contributed by atoms with Gasteiger partial charge in [-0.05, 0) is 42.0 Å². The number of benzene rings is 1. The average molecular weight is 298 g/mol. The highest BCUT2D eigenvalue weighted by Crippen LogP contribution is 2.26. The quantitative estimate of drug-likeness (QED) is 0.765. The summed E-state index contributed by atoms with van der Waals surface area (Å²) in [7, 11) is 1.93. The van der Waals surface area contributed by atoms with E-state index in [-0.39, 0.29) is 5.91 Å². The molecule has 0 aliphatic heterocycles. The molecule has 1 aromatic carbocycles. The second-order valence-corrected chi connectivity index (χ2v) is 6.12. The van der Waals surface area contributed by atoms with Gasteiger partial charge in [0.15, 0.2) is 0 Å². The highest BCUT2D eigenvalue weighted by Gasteiger charge is 2.16. The molecule has 2 heterocycles. The summed E-state index contributed by atoms with van der Waals surface area (Å²) >= 11 is 1.66. The lowest BCUT2D eigenvalue weighted by atomic mass is 10.1. The van der Waals surface area contributed by atoms with Crippen LogP contribution in [0.1, 0.15) is 28.5 Å². The van der Waals surface area contributed by atoms with Gasteiger partial charge in [0.05, 0.1) is 10.2 Å². The molecule has 0 fully saturated rings. The van der Waals surface area contributed by atoms with Crippen molar-refractivity contribution >= 4 is 33.1 Å². The molecule has 3 rings (SSSR count). The van der Waals surface area contributed by atoms with Crippen LogP contribution in [0, 0.1) is 6.92 Å². The Labute approximate surface area is 128 Å². The number of rotatable bonds is 3. The number of anilines is 1. The molecule has 0 saturated heterocycles. The van der Waals surface area contributed by atoms with Crippen molar-refractivity contribution in [3.63, 3.8) is 0 Å². The molecule has 108 valence electrons. The number of aromatic nitrogens is 1. The maximum absolute atomic E-state index is 12.6. The number of carbonyl (C=O) groups excluding carboxylic acids is 1. The summed E-state index contributed by atoms with van der Waals surface area (Å²) in [4.78, 5) is 12.6. The van der Waals surface area contributed by atoms with Gasteiger partial charge in [0.25, 0.3) is 5.91 Å². The maximum Gasteiger partial charge on any atom is 0.272 e.